The minimum absolute atomic E-state index is 0.0414. The lowest BCUT2D eigenvalue weighted by atomic mass is 10.1. The molecule has 130 valence electrons. The molecule has 2 atom stereocenters. The summed E-state index contributed by atoms with van der Waals surface area (Å²) in [4.78, 5) is 15.5. The number of aliphatic carboxylic acids is 1. The van der Waals surface area contributed by atoms with Crippen LogP contribution >= 0.6 is 0 Å². The summed E-state index contributed by atoms with van der Waals surface area (Å²) in [6.45, 7) is 4.02. The summed E-state index contributed by atoms with van der Waals surface area (Å²) < 4.78 is 0.149. The number of hydrogen-bond donors (Lipinski definition) is 2. The number of aliphatic imine (C=N–C) groups is 1. The van der Waals surface area contributed by atoms with Gasteiger partial charge in [-0.25, -0.2) is 14.3 Å². The third-order valence-corrected chi connectivity index (χ3v) is 4.32. The number of amidine groups is 1. The number of quaternary nitrogens is 1. The van der Waals surface area contributed by atoms with Crippen molar-refractivity contribution >= 4 is 11.8 Å². The highest BCUT2D eigenvalue weighted by molar-refractivity contribution is 5.81. The first kappa shape index (κ1) is 19.6. The summed E-state index contributed by atoms with van der Waals surface area (Å²) in [7, 11) is 0. The van der Waals surface area contributed by atoms with Crippen LogP contribution in [0.4, 0.5) is 0 Å². The second-order valence-electron chi connectivity index (χ2n) is 6.28. The standard InChI is InChI=1S/C18H31N3O2/c1-3-4-5-6-7-8-9-10-11-12-17-20-13-14-21(17,16(2)19)15-18(22)23/h8-9,13-14,16H,3-7,10-12,15,19H2,1-2H3/p+1/b9-8+. The zero-order chi connectivity index (χ0) is 17.1. The summed E-state index contributed by atoms with van der Waals surface area (Å²) in [6.07, 6.45) is 16.7. The van der Waals surface area contributed by atoms with E-state index in [9.17, 15) is 4.79 Å². The van der Waals surface area contributed by atoms with Crippen molar-refractivity contribution in [3.8, 4) is 0 Å². The molecule has 0 amide bonds. The summed E-state index contributed by atoms with van der Waals surface area (Å²) >= 11 is 0. The monoisotopic (exact) mass is 322 g/mol. The molecule has 0 spiro atoms. The first-order chi connectivity index (χ1) is 11.0. The molecule has 0 radical (unpaired) electrons. The number of unbranched alkanes of at least 4 members (excludes halogenated alkanes) is 5. The number of carbonyl (C=O) groups is 1. The van der Waals surface area contributed by atoms with Crippen molar-refractivity contribution in [2.24, 2.45) is 10.7 Å². The van der Waals surface area contributed by atoms with Crippen LogP contribution in [0.1, 0.15) is 65.2 Å². The van der Waals surface area contributed by atoms with Crippen LogP contribution in [0.2, 0.25) is 0 Å². The van der Waals surface area contributed by atoms with Gasteiger partial charge in [0.15, 0.2) is 6.54 Å². The Morgan fingerprint density at radius 2 is 2.00 bits per heavy atom. The normalized spacial score (nSPS) is 21.8. The highest BCUT2D eigenvalue weighted by Crippen LogP contribution is 2.23. The van der Waals surface area contributed by atoms with E-state index in [-0.39, 0.29) is 17.2 Å². The quantitative estimate of drug-likeness (QED) is 0.326. The smallest absolute Gasteiger partial charge is 0.360 e. The Morgan fingerprint density at radius 3 is 2.61 bits per heavy atom. The van der Waals surface area contributed by atoms with Gasteiger partial charge < -0.3 is 5.11 Å². The van der Waals surface area contributed by atoms with Crippen LogP contribution in [0.25, 0.3) is 0 Å². The van der Waals surface area contributed by atoms with Crippen molar-refractivity contribution in [3.05, 3.63) is 24.6 Å². The lowest BCUT2D eigenvalue weighted by Gasteiger charge is -2.34. The van der Waals surface area contributed by atoms with Crippen LogP contribution in [0.5, 0.6) is 0 Å². The first-order valence-electron chi connectivity index (χ1n) is 8.77. The van der Waals surface area contributed by atoms with E-state index < -0.39 is 5.97 Å². The molecule has 1 aliphatic rings. The van der Waals surface area contributed by atoms with Crippen LogP contribution in [0.3, 0.4) is 0 Å². The maximum atomic E-state index is 11.2. The number of nitrogens with two attached hydrogens (primary N) is 1. The number of carboxylic acids is 1. The Bertz CT molecular complexity index is 455. The number of allylic oxidation sites excluding steroid dienone is 2. The largest absolute Gasteiger partial charge is 0.477 e. The van der Waals surface area contributed by atoms with Gasteiger partial charge in [-0.15, -0.1) is 0 Å². The van der Waals surface area contributed by atoms with Crippen molar-refractivity contribution in [1.82, 2.24) is 0 Å². The van der Waals surface area contributed by atoms with Crippen LogP contribution in [0.15, 0.2) is 29.5 Å². The van der Waals surface area contributed by atoms with Gasteiger partial charge in [0, 0.05) is 13.3 Å². The SMILES string of the molecule is CCCCCC/C=C/CCCC1=NC=C[N+]1(CC(=O)O)C(C)N. The fourth-order valence-corrected chi connectivity index (χ4v) is 2.89. The molecule has 0 saturated carbocycles. The molecule has 1 heterocycles. The molecular weight excluding hydrogens is 290 g/mol. The van der Waals surface area contributed by atoms with E-state index >= 15 is 0 Å². The number of rotatable bonds is 12. The number of nitrogens with zero attached hydrogens (tertiary/aromatic N) is 2. The van der Waals surface area contributed by atoms with E-state index in [1.165, 1.54) is 25.7 Å². The Kier molecular flexibility index (Phi) is 8.81. The highest BCUT2D eigenvalue weighted by atomic mass is 16.4. The molecule has 0 aliphatic carbocycles. The van der Waals surface area contributed by atoms with Crippen LogP contribution in [-0.4, -0.2) is 34.1 Å². The fraction of sp³-hybridized carbons (Fsp3) is 0.667. The Labute approximate surface area is 140 Å². The fourth-order valence-electron chi connectivity index (χ4n) is 2.89. The molecular formula is C18H32N3O2+. The minimum atomic E-state index is -0.853. The molecule has 0 aromatic heterocycles. The molecule has 0 aromatic carbocycles. The summed E-state index contributed by atoms with van der Waals surface area (Å²) in [5.41, 5.74) is 6.04. The Hall–Kier alpha value is -1.46. The summed E-state index contributed by atoms with van der Waals surface area (Å²) in [5.74, 6) is 0.00673. The van der Waals surface area contributed by atoms with Crippen molar-refractivity contribution < 1.29 is 14.4 Å². The second kappa shape index (κ2) is 10.3. The van der Waals surface area contributed by atoms with E-state index in [4.69, 9.17) is 10.8 Å². The van der Waals surface area contributed by atoms with Gasteiger partial charge >= 0.3 is 5.97 Å². The second-order valence-corrected chi connectivity index (χ2v) is 6.28. The van der Waals surface area contributed by atoms with Gasteiger partial charge in [-0.05, 0) is 25.7 Å². The van der Waals surface area contributed by atoms with Crippen LogP contribution in [0, 0.1) is 0 Å². The minimum Gasteiger partial charge on any atom is -0.477 e. The lowest BCUT2D eigenvalue weighted by molar-refractivity contribution is -0.805. The van der Waals surface area contributed by atoms with Crippen molar-refractivity contribution in [2.75, 3.05) is 6.54 Å². The van der Waals surface area contributed by atoms with E-state index in [0.29, 0.717) is 0 Å². The van der Waals surface area contributed by atoms with Crippen LogP contribution in [-0.2, 0) is 4.79 Å². The van der Waals surface area contributed by atoms with E-state index in [0.717, 1.165) is 31.5 Å². The highest BCUT2D eigenvalue weighted by Gasteiger charge is 2.40. The van der Waals surface area contributed by atoms with Gasteiger partial charge in [0.1, 0.15) is 12.4 Å². The average molecular weight is 322 g/mol. The Morgan fingerprint density at radius 1 is 1.30 bits per heavy atom. The maximum absolute atomic E-state index is 11.2. The molecule has 0 bridgehead atoms. The zero-order valence-electron chi connectivity index (χ0n) is 14.6. The van der Waals surface area contributed by atoms with Crippen molar-refractivity contribution in [1.29, 1.82) is 0 Å². The number of hydrogen-bond acceptors (Lipinski definition) is 3. The molecule has 23 heavy (non-hydrogen) atoms. The zero-order valence-corrected chi connectivity index (χ0v) is 14.6. The number of carboxylic acid groups (broad SMARTS) is 1. The molecule has 0 saturated heterocycles. The maximum Gasteiger partial charge on any atom is 0.360 e. The van der Waals surface area contributed by atoms with Crippen LogP contribution < -0.4 is 5.73 Å². The molecule has 0 aromatic rings. The van der Waals surface area contributed by atoms with E-state index in [1.807, 2.05) is 6.92 Å². The average Bonchev–Trinajstić information content (AvgIpc) is 2.89. The Balaban J connectivity index is 2.36. The predicted octanol–water partition coefficient (Wildman–Crippen LogP) is 3.77. The van der Waals surface area contributed by atoms with Gasteiger partial charge in [-0.3, -0.25) is 5.73 Å². The summed E-state index contributed by atoms with van der Waals surface area (Å²) in [6, 6.07) is 0. The third kappa shape index (κ3) is 6.28. The topological polar surface area (TPSA) is 75.7 Å². The third-order valence-electron chi connectivity index (χ3n) is 4.32. The van der Waals surface area contributed by atoms with Gasteiger partial charge in [0.05, 0.1) is 6.20 Å². The van der Waals surface area contributed by atoms with Crippen molar-refractivity contribution in [2.45, 2.75) is 71.4 Å². The predicted molar refractivity (Wildman–Crippen MR) is 94.7 cm³/mol. The summed E-state index contributed by atoms with van der Waals surface area (Å²) in [5, 5.41) is 9.16. The van der Waals surface area contributed by atoms with Gasteiger partial charge in [-0.2, -0.15) is 0 Å². The van der Waals surface area contributed by atoms with Crippen molar-refractivity contribution in [3.63, 3.8) is 0 Å². The molecule has 1 aliphatic heterocycles. The van der Waals surface area contributed by atoms with Gasteiger partial charge in [0.2, 0.25) is 5.84 Å². The molecule has 2 unspecified atom stereocenters. The van der Waals surface area contributed by atoms with E-state index in [1.54, 1.807) is 12.4 Å². The molecule has 5 nitrogen and oxygen atoms in total. The lowest BCUT2D eigenvalue weighted by Crippen LogP contribution is -2.59. The molecule has 3 N–H and O–H groups in total. The first-order valence-corrected chi connectivity index (χ1v) is 8.77. The molecule has 5 heteroatoms. The molecule has 0 fully saturated rings. The van der Waals surface area contributed by atoms with E-state index in [2.05, 4.69) is 24.1 Å². The molecule has 1 rings (SSSR count). The van der Waals surface area contributed by atoms with Gasteiger partial charge in [-0.1, -0.05) is 38.3 Å². The van der Waals surface area contributed by atoms with Gasteiger partial charge in [0.25, 0.3) is 0 Å².